The van der Waals surface area contributed by atoms with Crippen LogP contribution in [0.3, 0.4) is 0 Å². The molecule has 1 amide bonds. The molecular formula is C18H17ClN2O2. The van der Waals surface area contributed by atoms with Gasteiger partial charge in [0.2, 0.25) is 0 Å². The highest BCUT2D eigenvalue weighted by Gasteiger charge is 2.16. The van der Waals surface area contributed by atoms with E-state index in [1.807, 2.05) is 30.5 Å². The number of amides is 1. The summed E-state index contributed by atoms with van der Waals surface area (Å²) in [6.45, 7) is 0.447. The first-order valence-corrected chi connectivity index (χ1v) is 7.79. The number of carbonyl (C=O) groups excluding carboxylic acids is 1. The maximum Gasteiger partial charge on any atom is 0.253 e. The van der Waals surface area contributed by atoms with Crippen molar-refractivity contribution >= 4 is 28.4 Å². The maximum atomic E-state index is 12.0. The fraction of sp³-hybridized carbons (Fsp3) is 0.167. The molecule has 0 bridgehead atoms. The van der Waals surface area contributed by atoms with Crippen LogP contribution in [0.25, 0.3) is 10.9 Å². The predicted molar refractivity (Wildman–Crippen MR) is 91.4 cm³/mol. The molecule has 0 aliphatic rings. The Labute approximate surface area is 139 Å². The van der Waals surface area contributed by atoms with E-state index >= 15 is 0 Å². The molecule has 0 spiro atoms. The van der Waals surface area contributed by atoms with E-state index in [-0.39, 0.29) is 0 Å². The average molecular weight is 329 g/mol. The molecule has 1 unspecified atom stereocenters. The Morgan fingerprint density at radius 2 is 2.00 bits per heavy atom. The van der Waals surface area contributed by atoms with Gasteiger partial charge in [-0.15, -0.1) is 0 Å². The van der Waals surface area contributed by atoms with Gasteiger partial charge in [0.25, 0.3) is 5.91 Å². The van der Waals surface area contributed by atoms with Crippen LogP contribution in [0.15, 0.2) is 54.7 Å². The molecule has 3 rings (SSSR count). The number of aliphatic hydroxyl groups is 1. The van der Waals surface area contributed by atoms with E-state index in [1.54, 1.807) is 24.3 Å². The number of hydrogen-bond acceptors (Lipinski definition) is 2. The number of aromatic amines is 1. The third-order valence-electron chi connectivity index (χ3n) is 3.79. The predicted octanol–water partition coefficient (Wildman–Crippen LogP) is 3.21. The number of H-pyrrole nitrogens is 1. The molecule has 0 aliphatic heterocycles. The first kappa shape index (κ1) is 15.6. The first-order valence-electron chi connectivity index (χ1n) is 7.41. The Morgan fingerprint density at radius 3 is 2.78 bits per heavy atom. The second-order valence-electron chi connectivity index (χ2n) is 5.36. The van der Waals surface area contributed by atoms with Crippen LogP contribution >= 0.6 is 11.6 Å². The summed E-state index contributed by atoms with van der Waals surface area (Å²) in [6, 6.07) is 14.6. The quantitative estimate of drug-likeness (QED) is 0.673. The van der Waals surface area contributed by atoms with E-state index in [0.29, 0.717) is 23.6 Å². The van der Waals surface area contributed by atoms with Crippen LogP contribution in [-0.4, -0.2) is 22.5 Å². The van der Waals surface area contributed by atoms with Gasteiger partial charge in [0.1, 0.15) is 0 Å². The molecule has 1 aromatic heterocycles. The van der Waals surface area contributed by atoms with Gasteiger partial charge in [0, 0.05) is 28.7 Å². The fourth-order valence-electron chi connectivity index (χ4n) is 2.56. The Kier molecular flexibility index (Phi) is 4.65. The summed E-state index contributed by atoms with van der Waals surface area (Å²) < 4.78 is 0. The van der Waals surface area contributed by atoms with Crippen molar-refractivity contribution in [1.29, 1.82) is 0 Å². The highest BCUT2D eigenvalue weighted by atomic mass is 35.5. The van der Waals surface area contributed by atoms with Crippen molar-refractivity contribution < 1.29 is 9.90 Å². The summed E-state index contributed by atoms with van der Waals surface area (Å²) in [5.74, 6) is -0.394. The van der Waals surface area contributed by atoms with E-state index in [1.165, 1.54) is 0 Å². The molecule has 1 atom stereocenters. The third kappa shape index (κ3) is 3.55. The molecule has 0 aliphatic carbocycles. The van der Waals surface area contributed by atoms with Gasteiger partial charge < -0.3 is 15.4 Å². The lowest BCUT2D eigenvalue weighted by Gasteiger charge is -2.11. The molecule has 0 saturated heterocycles. The van der Waals surface area contributed by atoms with Crippen LogP contribution < -0.4 is 5.32 Å². The van der Waals surface area contributed by atoms with Crippen molar-refractivity contribution in [2.75, 3.05) is 6.54 Å². The van der Waals surface area contributed by atoms with Crippen molar-refractivity contribution in [2.45, 2.75) is 12.5 Å². The number of rotatable bonds is 5. The molecule has 23 heavy (non-hydrogen) atoms. The average Bonchev–Trinajstić information content (AvgIpc) is 2.97. The summed E-state index contributed by atoms with van der Waals surface area (Å²) in [6.07, 6.45) is 1.43. The van der Waals surface area contributed by atoms with Gasteiger partial charge in [-0.3, -0.25) is 4.79 Å². The molecule has 1 heterocycles. The van der Waals surface area contributed by atoms with Crippen LogP contribution in [0.2, 0.25) is 5.02 Å². The van der Waals surface area contributed by atoms with Crippen LogP contribution in [0.5, 0.6) is 0 Å². The van der Waals surface area contributed by atoms with Crippen LogP contribution in [0.1, 0.15) is 17.2 Å². The number of hydrogen-bond donors (Lipinski definition) is 3. The Balaban J connectivity index is 1.60. The molecule has 3 aromatic rings. The minimum Gasteiger partial charge on any atom is -0.378 e. The second kappa shape index (κ2) is 6.86. The zero-order valence-corrected chi connectivity index (χ0v) is 13.2. The van der Waals surface area contributed by atoms with Crippen LogP contribution in [0.4, 0.5) is 0 Å². The zero-order valence-electron chi connectivity index (χ0n) is 12.4. The Hall–Kier alpha value is -2.30. The standard InChI is InChI=1S/C18H17ClN2O2/c19-14-6-7-16-15(10-14)13(11-21-16)8-9-20-18(23)17(22)12-4-2-1-3-5-12/h1-7,10-11,17,21-22H,8-9H2,(H,20,23). The fourth-order valence-corrected chi connectivity index (χ4v) is 2.73. The van der Waals surface area contributed by atoms with Crippen molar-refractivity contribution in [3.05, 3.63) is 70.9 Å². The van der Waals surface area contributed by atoms with E-state index in [0.717, 1.165) is 16.5 Å². The van der Waals surface area contributed by atoms with E-state index in [2.05, 4.69) is 10.3 Å². The lowest BCUT2D eigenvalue weighted by atomic mass is 10.1. The normalized spacial score (nSPS) is 12.3. The summed E-state index contributed by atoms with van der Waals surface area (Å²) in [7, 11) is 0. The number of nitrogens with one attached hydrogen (secondary N) is 2. The Bertz CT molecular complexity index is 814. The van der Waals surface area contributed by atoms with Crippen LogP contribution in [-0.2, 0) is 11.2 Å². The summed E-state index contributed by atoms with van der Waals surface area (Å²) >= 11 is 6.02. The lowest BCUT2D eigenvalue weighted by molar-refractivity contribution is -0.129. The molecule has 0 fully saturated rings. The summed E-state index contributed by atoms with van der Waals surface area (Å²) in [5, 5.41) is 14.5. The lowest BCUT2D eigenvalue weighted by Crippen LogP contribution is -2.30. The minimum atomic E-state index is -1.14. The number of aliphatic hydroxyl groups excluding tert-OH is 1. The number of fused-ring (bicyclic) bond motifs is 1. The minimum absolute atomic E-state index is 0.394. The molecule has 4 nitrogen and oxygen atoms in total. The Morgan fingerprint density at radius 1 is 1.22 bits per heavy atom. The maximum absolute atomic E-state index is 12.0. The topological polar surface area (TPSA) is 65.1 Å². The van der Waals surface area contributed by atoms with Gasteiger partial charge >= 0.3 is 0 Å². The molecule has 5 heteroatoms. The van der Waals surface area contributed by atoms with Gasteiger partial charge in [-0.2, -0.15) is 0 Å². The second-order valence-corrected chi connectivity index (χ2v) is 5.79. The molecule has 3 N–H and O–H groups in total. The summed E-state index contributed by atoms with van der Waals surface area (Å²) in [5.41, 5.74) is 2.68. The smallest absolute Gasteiger partial charge is 0.253 e. The molecule has 0 saturated carbocycles. The van der Waals surface area contributed by atoms with Crippen molar-refractivity contribution in [2.24, 2.45) is 0 Å². The molecule has 118 valence electrons. The highest BCUT2D eigenvalue weighted by molar-refractivity contribution is 6.31. The largest absolute Gasteiger partial charge is 0.378 e. The van der Waals surface area contributed by atoms with Crippen molar-refractivity contribution in [1.82, 2.24) is 10.3 Å². The molecule has 0 radical (unpaired) electrons. The van der Waals surface area contributed by atoms with Gasteiger partial charge in [-0.1, -0.05) is 41.9 Å². The van der Waals surface area contributed by atoms with Crippen LogP contribution in [0, 0.1) is 0 Å². The highest BCUT2D eigenvalue weighted by Crippen LogP contribution is 2.22. The van der Waals surface area contributed by atoms with Crippen molar-refractivity contribution in [3.8, 4) is 0 Å². The van der Waals surface area contributed by atoms with Gasteiger partial charge in [0.05, 0.1) is 0 Å². The summed E-state index contributed by atoms with van der Waals surface area (Å²) in [4.78, 5) is 15.2. The molecule has 2 aromatic carbocycles. The monoisotopic (exact) mass is 328 g/mol. The van der Waals surface area contributed by atoms with Gasteiger partial charge in [-0.05, 0) is 35.7 Å². The zero-order chi connectivity index (χ0) is 16.2. The van der Waals surface area contributed by atoms with E-state index < -0.39 is 12.0 Å². The van der Waals surface area contributed by atoms with Gasteiger partial charge in [-0.25, -0.2) is 0 Å². The van der Waals surface area contributed by atoms with Crippen molar-refractivity contribution in [3.63, 3.8) is 0 Å². The number of benzene rings is 2. The SMILES string of the molecule is O=C(NCCc1c[nH]c2ccc(Cl)cc12)C(O)c1ccccc1. The number of carbonyl (C=O) groups is 1. The number of aromatic nitrogens is 1. The van der Waals surface area contributed by atoms with Gasteiger partial charge in [0.15, 0.2) is 6.10 Å². The third-order valence-corrected chi connectivity index (χ3v) is 4.02. The number of halogens is 1. The molecular weight excluding hydrogens is 312 g/mol. The first-order chi connectivity index (χ1) is 11.1. The van der Waals surface area contributed by atoms with E-state index in [4.69, 9.17) is 11.6 Å². The van der Waals surface area contributed by atoms with E-state index in [9.17, 15) is 9.90 Å².